The second-order valence-electron chi connectivity index (χ2n) is 3.72. The molecule has 0 fully saturated rings. The minimum absolute atomic E-state index is 0.0218. The van der Waals surface area contributed by atoms with E-state index in [2.05, 4.69) is 20.7 Å². The molecular formula is C10H12BrNO4S. The second kappa shape index (κ2) is 5.16. The quantitative estimate of drug-likeness (QED) is 0.886. The summed E-state index contributed by atoms with van der Waals surface area (Å²) >= 11 is 3.03. The zero-order valence-corrected chi connectivity index (χ0v) is 11.7. The van der Waals surface area contributed by atoms with E-state index in [1.165, 1.54) is 18.2 Å². The van der Waals surface area contributed by atoms with E-state index in [1.807, 2.05) is 0 Å². The first kappa shape index (κ1) is 14.1. The largest absolute Gasteiger partial charge is 0.478 e. The van der Waals surface area contributed by atoms with Gasteiger partial charge in [0, 0.05) is 10.5 Å². The Labute approximate surface area is 108 Å². The van der Waals surface area contributed by atoms with Crippen molar-refractivity contribution in [3.05, 3.63) is 28.2 Å². The highest BCUT2D eigenvalue weighted by atomic mass is 79.9. The van der Waals surface area contributed by atoms with Crippen LogP contribution in [0.3, 0.4) is 0 Å². The minimum atomic E-state index is -3.60. The zero-order chi connectivity index (χ0) is 13.2. The topological polar surface area (TPSA) is 83.5 Å². The first-order valence-corrected chi connectivity index (χ1v) is 7.07. The molecule has 0 aromatic heterocycles. The number of carbonyl (C=O) groups is 1. The van der Waals surface area contributed by atoms with E-state index in [-0.39, 0.29) is 21.0 Å². The number of carboxylic acids is 1. The molecule has 0 saturated carbocycles. The van der Waals surface area contributed by atoms with Crippen LogP contribution in [0.25, 0.3) is 0 Å². The van der Waals surface area contributed by atoms with Gasteiger partial charge in [0.2, 0.25) is 10.0 Å². The lowest BCUT2D eigenvalue weighted by atomic mass is 10.2. The molecular weight excluding hydrogens is 310 g/mol. The first-order chi connectivity index (χ1) is 7.74. The Balaban J connectivity index is 3.18. The summed E-state index contributed by atoms with van der Waals surface area (Å²) in [6, 6.07) is 3.56. The number of benzene rings is 1. The maximum atomic E-state index is 11.8. The van der Waals surface area contributed by atoms with Gasteiger partial charge in [-0.05, 0) is 48.0 Å². The van der Waals surface area contributed by atoms with Crippen molar-refractivity contribution in [1.82, 2.24) is 4.72 Å². The lowest BCUT2D eigenvalue weighted by molar-refractivity contribution is 0.0695. The minimum Gasteiger partial charge on any atom is -0.478 e. The Hall–Kier alpha value is -0.920. The molecule has 0 aliphatic carbocycles. The van der Waals surface area contributed by atoms with Crippen molar-refractivity contribution in [1.29, 1.82) is 0 Å². The van der Waals surface area contributed by atoms with Gasteiger partial charge < -0.3 is 5.11 Å². The molecule has 1 aromatic carbocycles. The highest BCUT2D eigenvalue weighted by molar-refractivity contribution is 9.10. The van der Waals surface area contributed by atoms with Crippen LogP contribution in [0, 0.1) is 0 Å². The number of carboxylic acid groups (broad SMARTS) is 1. The Morgan fingerprint density at radius 3 is 2.41 bits per heavy atom. The molecule has 0 spiro atoms. The average molecular weight is 322 g/mol. The summed E-state index contributed by atoms with van der Waals surface area (Å²) in [5.74, 6) is -1.11. The van der Waals surface area contributed by atoms with Gasteiger partial charge in [-0.3, -0.25) is 0 Å². The van der Waals surface area contributed by atoms with Crippen molar-refractivity contribution in [2.75, 3.05) is 0 Å². The van der Waals surface area contributed by atoms with Crippen LogP contribution in [0.5, 0.6) is 0 Å². The fourth-order valence-corrected chi connectivity index (χ4v) is 3.19. The molecule has 2 N–H and O–H groups in total. The molecule has 0 aliphatic heterocycles. The average Bonchev–Trinajstić information content (AvgIpc) is 2.14. The molecule has 94 valence electrons. The van der Waals surface area contributed by atoms with Crippen LogP contribution in [0.1, 0.15) is 24.2 Å². The Morgan fingerprint density at radius 1 is 1.41 bits per heavy atom. The lowest BCUT2D eigenvalue weighted by Gasteiger charge is -2.10. The third kappa shape index (κ3) is 3.52. The predicted molar refractivity (Wildman–Crippen MR) is 66.6 cm³/mol. The van der Waals surface area contributed by atoms with Crippen molar-refractivity contribution < 1.29 is 18.3 Å². The van der Waals surface area contributed by atoms with Crippen LogP contribution < -0.4 is 4.72 Å². The maximum absolute atomic E-state index is 11.8. The van der Waals surface area contributed by atoms with Gasteiger partial charge in [0.05, 0.1) is 10.5 Å². The fourth-order valence-electron chi connectivity index (χ4n) is 1.21. The predicted octanol–water partition coefficient (Wildman–Crippen LogP) is 1.83. The van der Waals surface area contributed by atoms with Gasteiger partial charge in [-0.25, -0.2) is 17.9 Å². The van der Waals surface area contributed by atoms with Crippen molar-refractivity contribution in [3.8, 4) is 0 Å². The van der Waals surface area contributed by atoms with Crippen molar-refractivity contribution in [2.24, 2.45) is 0 Å². The molecule has 0 unspecified atom stereocenters. The number of halogens is 1. The molecule has 0 bridgehead atoms. The standard InChI is InChI=1S/C10H12BrNO4S/c1-6(2)12-17(15,16)7-3-4-8(10(13)14)9(11)5-7/h3-6,12H,1-2H3,(H,13,14). The molecule has 5 nitrogen and oxygen atoms in total. The van der Waals surface area contributed by atoms with Crippen LogP contribution in [0.15, 0.2) is 27.6 Å². The molecule has 0 radical (unpaired) electrons. The van der Waals surface area contributed by atoms with Gasteiger partial charge in [-0.1, -0.05) is 0 Å². The van der Waals surface area contributed by atoms with Crippen molar-refractivity contribution >= 4 is 31.9 Å². The maximum Gasteiger partial charge on any atom is 0.336 e. The van der Waals surface area contributed by atoms with E-state index in [0.29, 0.717) is 0 Å². The SMILES string of the molecule is CC(C)NS(=O)(=O)c1ccc(C(=O)O)c(Br)c1. The van der Waals surface area contributed by atoms with Crippen LogP contribution in [0.2, 0.25) is 0 Å². The lowest BCUT2D eigenvalue weighted by Crippen LogP contribution is -2.30. The summed E-state index contributed by atoms with van der Waals surface area (Å²) in [7, 11) is -3.60. The molecule has 0 amide bonds. The third-order valence-corrected chi connectivity index (χ3v) is 4.18. The Kier molecular flexibility index (Phi) is 4.29. The smallest absolute Gasteiger partial charge is 0.336 e. The van der Waals surface area contributed by atoms with E-state index in [0.717, 1.165) is 0 Å². The van der Waals surface area contributed by atoms with Crippen LogP contribution in [-0.2, 0) is 10.0 Å². The number of nitrogens with one attached hydrogen (secondary N) is 1. The van der Waals surface area contributed by atoms with Gasteiger partial charge in [0.15, 0.2) is 0 Å². The van der Waals surface area contributed by atoms with Gasteiger partial charge >= 0.3 is 5.97 Å². The number of hydrogen-bond donors (Lipinski definition) is 2. The number of hydrogen-bond acceptors (Lipinski definition) is 3. The van der Waals surface area contributed by atoms with E-state index < -0.39 is 16.0 Å². The Morgan fingerprint density at radius 2 is 2.00 bits per heavy atom. The molecule has 0 saturated heterocycles. The summed E-state index contributed by atoms with van der Waals surface area (Å²) in [6.07, 6.45) is 0. The monoisotopic (exact) mass is 321 g/mol. The number of sulfonamides is 1. The molecule has 17 heavy (non-hydrogen) atoms. The van der Waals surface area contributed by atoms with E-state index in [9.17, 15) is 13.2 Å². The number of rotatable bonds is 4. The highest BCUT2D eigenvalue weighted by Gasteiger charge is 2.18. The van der Waals surface area contributed by atoms with Crippen LogP contribution >= 0.6 is 15.9 Å². The highest BCUT2D eigenvalue weighted by Crippen LogP contribution is 2.21. The molecule has 1 aromatic rings. The van der Waals surface area contributed by atoms with Gasteiger partial charge in [0.1, 0.15) is 0 Å². The summed E-state index contributed by atoms with van der Waals surface area (Å²) in [5.41, 5.74) is 0.0218. The second-order valence-corrected chi connectivity index (χ2v) is 6.29. The summed E-state index contributed by atoms with van der Waals surface area (Å²) in [4.78, 5) is 10.8. The van der Waals surface area contributed by atoms with Gasteiger partial charge in [0.25, 0.3) is 0 Å². The summed E-state index contributed by atoms with van der Waals surface area (Å²) < 4.78 is 26.2. The normalized spacial score (nSPS) is 11.8. The van der Waals surface area contributed by atoms with E-state index in [1.54, 1.807) is 13.8 Å². The van der Waals surface area contributed by atoms with E-state index in [4.69, 9.17) is 5.11 Å². The Bertz CT molecular complexity index is 539. The number of aromatic carboxylic acids is 1. The van der Waals surface area contributed by atoms with Gasteiger partial charge in [-0.15, -0.1) is 0 Å². The molecule has 1 rings (SSSR count). The molecule has 7 heteroatoms. The van der Waals surface area contributed by atoms with Crippen molar-refractivity contribution in [3.63, 3.8) is 0 Å². The summed E-state index contributed by atoms with van der Waals surface area (Å²) in [5, 5.41) is 8.81. The first-order valence-electron chi connectivity index (χ1n) is 4.79. The van der Waals surface area contributed by atoms with Gasteiger partial charge in [-0.2, -0.15) is 0 Å². The molecule has 0 heterocycles. The molecule has 0 atom stereocenters. The van der Waals surface area contributed by atoms with Crippen molar-refractivity contribution in [2.45, 2.75) is 24.8 Å². The van der Waals surface area contributed by atoms with Crippen LogP contribution in [0.4, 0.5) is 0 Å². The fraction of sp³-hybridized carbons (Fsp3) is 0.300. The third-order valence-electron chi connectivity index (χ3n) is 1.87. The van der Waals surface area contributed by atoms with E-state index >= 15 is 0 Å². The molecule has 0 aliphatic rings. The zero-order valence-electron chi connectivity index (χ0n) is 9.27. The summed E-state index contributed by atoms with van der Waals surface area (Å²) in [6.45, 7) is 3.41. The van der Waals surface area contributed by atoms with Crippen LogP contribution in [-0.4, -0.2) is 25.5 Å².